The molecule has 1 aliphatic carbocycles. The van der Waals surface area contributed by atoms with Gasteiger partial charge in [0.05, 0.1) is 11.9 Å². The molecule has 28 heavy (non-hydrogen) atoms. The molecule has 2 aromatic heterocycles. The molecule has 0 spiro atoms. The Bertz CT molecular complexity index is 807. The number of carbonyl (C=O) groups is 1. The maximum atomic E-state index is 12.6. The number of urea groups is 1. The zero-order chi connectivity index (χ0) is 19.6. The van der Waals surface area contributed by atoms with Crippen LogP contribution in [-0.4, -0.2) is 51.4 Å². The Morgan fingerprint density at radius 1 is 1.32 bits per heavy atom. The Morgan fingerprint density at radius 3 is 2.71 bits per heavy atom. The fourth-order valence-corrected chi connectivity index (χ4v) is 3.88. The summed E-state index contributed by atoms with van der Waals surface area (Å²) in [6.07, 6.45) is 7.60. The van der Waals surface area contributed by atoms with Crippen molar-refractivity contribution in [2.45, 2.75) is 52.2 Å². The molecule has 1 aliphatic heterocycles. The number of aryl methyl sites for hydroxylation is 2. The molecule has 0 unspecified atom stereocenters. The normalized spacial score (nSPS) is 18.7. The first-order valence-electron chi connectivity index (χ1n) is 10.1. The molecule has 1 saturated heterocycles. The lowest BCUT2D eigenvalue weighted by Gasteiger charge is -2.32. The molecular formula is C21H29N5O2. The number of pyridine rings is 1. The number of likely N-dealkylation sites (tertiary alicyclic amines) is 1. The summed E-state index contributed by atoms with van der Waals surface area (Å²) in [4.78, 5) is 18.6. The second-order valence-corrected chi connectivity index (χ2v) is 8.24. The van der Waals surface area contributed by atoms with E-state index in [4.69, 9.17) is 4.74 Å². The molecule has 1 saturated carbocycles. The highest BCUT2D eigenvalue weighted by molar-refractivity contribution is 5.74. The van der Waals surface area contributed by atoms with Crippen molar-refractivity contribution >= 4 is 6.03 Å². The number of nitrogens with one attached hydrogen (secondary N) is 1. The largest absolute Gasteiger partial charge is 0.489 e. The summed E-state index contributed by atoms with van der Waals surface area (Å²) in [5, 5.41) is 7.73. The number of aromatic nitrogens is 3. The van der Waals surface area contributed by atoms with Gasteiger partial charge >= 0.3 is 6.03 Å². The van der Waals surface area contributed by atoms with E-state index in [0.29, 0.717) is 0 Å². The summed E-state index contributed by atoms with van der Waals surface area (Å²) in [5.74, 6) is 0.797. The third-order valence-electron chi connectivity index (χ3n) is 5.83. The van der Waals surface area contributed by atoms with Crippen LogP contribution in [0.1, 0.15) is 37.1 Å². The average molecular weight is 383 g/mol. The second kappa shape index (κ2) is 7.81. The van der Waals surface area contributed by atoms with Crippen molar-refractivity contribution in [1.29, 1.82) is 0 Å². The molecule has 4 rings (SSSR count). The lowest BCUT2D eigenvalue weighted by Crippen LogP contribution is -2.48. The van der Waals surface area contributed by atoms with Gasteiger partial charge in [0, 0.05) is 56.3 Å². The molecular weight excluding hydrogens is 354 g/mol. The van der Waals surface area contributed by atoms with Crippen LogP contribution in [0.4, 0.5) is 4.79 Å². The van der Waals surface area contributed by atoms with Crippen LogP contribution in [0.25, 0.3) is 0 Å². The van der Waals surface area contributed by atoms with Crippen molar-refractivity contribution < 1.29 is 9.53 Å². The van der Waals surface area contributed by atoms with E-state index in [0.717, 1.165) is 63.3 Å². The molecule has 7 heteroatoms. The molecule has 2 amide bonds. The summed E-state index contributed by atoms with van der Waals surface area (Å²) < 4.78 is 8.04. The highest BCUT2D eigenvalue weighted by Crippen LogP contribution is 2.46. The van der Waals surface area contributed by atoms with E-state index in [1.54, 1.807) is 12.4 Å². The number of ether oxygens (including phenoxy) is 1. The fraction of sp³-hybridized carbons (Fsp3) is 0.571. The molecule has 7 nitrogen and oxygen atoms in total. The molecule has 2 aliphatic rings. The highest BCUT2D eigenvalue weighted by atomic mass is 16.5. The van der Waals surface area contributed by atoms with E-state index in [9.17, 15) is 4.79 Å². The molecule has 0 atom stereocenters. The van der Waals surface area contributed by atoms with Gasteiger partial charge in [-0.3, -0.25) is 9.67 Å². The van der Waals surface area contributed by atoms with Crippen molar-refractivity contribution in [3.63, 3.8) is 0 Å². The monoisotopic (exact) mass is 383 g/mol. The Labute approximate surface area is 166 Å². The Morgan fingerprint density at radius 2 is 2.11 bits per heavy atom. The standard InChI is InChI=1S/C21H29N5O2/c1-16-12-17(2)26(24-16)15-21(7-8-21)14-23-20(27)25-10-5-18(6-11-25)28-19-4-3-9-22-13-19/h3-4,9,12-13,18H,5-8,10-11,14-15H2,1-2H3,(H,23,27). The van der Waals surface area contributed by atoms with Crippen molar-refractivity contribution in [3.05, 3.63) is 42.0 Å². The van der Waals surface area contributed by atoms with Crippen molar-refractivity contribution in [2.24, 2.45) is 5.41 Å². The lowest BCUT2D eigenvalue weighted by atomic mass is 10.1. The molecule has 150 valence electrons. The van der Waals surface area contributed by atoms with Gasteiger partial charge in [-0.25, -0.2) is 4.79 Å². The first kappa shape index (κ1) is 18.8. The number of piperidine rings is 1. The van der Waals surface area contributed by atoms with Crippen LogP contribution in [0.2, 0.25) is 0 Å². The molecule has 2 aromatic rings. The van der Waals surface area contributed by atoms with Crippen LogP contribution in [0.3, 0.4) is 0 Å². The Hall–Kier alpha value is -2.57. The van der Waals surface area contributed by atoms with Crippen molar-refractivity contribution in [1.82, 2.24) is 25.0 Å². The molecule has 1 N–H and O–H groups in total. The minimum atomic E-state index is 0.0412. The summed E-state index contributed by atoms with van der Waals surface area (Å²) >= 11 is 0. The van der Waals surface area contributed by atoms with Gasteiger partial charge in [-0.2, -0.15) is 5.10 Å². The minimum absolute atomic E-state index is 0.0412. The first-order valence-corrected chi connectivity index (χ1v) is 10.1. The van der Waals surface area contributed by atoms with Gasteiger partial charge in [-0.15, -0.1) is 0 Å². The summed E-state index contributed by atoms with van der Waals surface area (Å²) in [6.45, 7) is 7.16. The molecule has 2 fully saturated rings. The predicted octanol–water partition coefficient (Wildman–Crippen LogP) is 2.93. The third-order valence-corrected chi connectivity index (χ3v) is 5.83. The molecule has 0 radical (unpaired) electrons. The van der Waals surface area contributed by atoms with Crippen LogP contribution in [-0.2, 0) is 6.54 Å². The van der Waals surface area contributed by atoms with Crippen molar-refractivity contribution in [2.75, 3.05) is 19.6 Å². The van der Waals surface area contributed by atoms with Gasteiger partial charge in [0.1, 0.15) is 11.9 Å². The van der Waals surface area contributed by atoms with Crippen LogP contribution in [0, 0.1) is 19.3 Å². The van der Waals surface area contributed by atoms with Crippen LogP contribution in [0.15, 0.2) is 30.6 Å². The Kier molecular flexibility index (Phi) is 5.24. The second-order valence-electron chi connectivity index (χ2n) is 8.24. The van der Waals surface area contributed by atoms with E-state index in [1.165, 1.54) is 5.69 Å². The van der Waals surface area contributed by atoms with Gasteiger partial charge in [-0.05, 0) is 44.9 Å². The smallest absolute Gasteiger partial charge is 0.317 e. The number of amides is 2. The van der Waals surface area contributed by atoms with Gasteiger partial charge in [0.2, 0.25) is 0 Å². The van der Waals surface area contributed by atoms with Gasteiger partial charge in [0.15, 0.2) is 0 Å². The van der Waals surface area contributed by atoms with Gasteiger partial charge in [-0.1, -0.05) is 0 Å². The van der Waals surface area contributed by atoms with Crippen molar-refractivity contribution in [3.8, 4) is 5.75 Å². The zero-order valence-electron chi connectivity index (χ0n) is 16.7. The number of hydrogen-bond donors (Lipinski definition) is 1. The van der Waals surface area contributed by atoms with E-state index >= 15 is 0 Å². The van der Waals surface area contributed by atoms with E-state index in [2.05, 4.69) is 33.1 Å². The number of nitrogens with zero attached hydrogens (tertiary/aromatic N) is 4. The number of hydrogen-bond acceptors (Lipinski definition) is 4. The van der Waals surface area contributed by atoms with Gasteiger partial charge in [0.25, 0.3) is 0 Å². The zero-order valence-corrected chi connectivity index (χ0v) is 16.7. The number of rotatable bonds is 6. The highest BCUT2D eigenvalue weighted by Gasteiger charge is 2.44. The lowest BCUT2D eigenvalue weighted by molar-refractivity contribution is 0.110. The van der Waals surface area contributed by atoms with E-state index < -0.39 is 0 Å². The van der Waals surface area contributed by atoms with E-state index in [1.807, 2.05) is 24.0 Å². The average Bonchev–Trinajstić information content (AvgIpc) is 3.39. The third kappa shape index (κ3) is 4.46. The quantitative estimate of drug-likeness (QED) is 0.832. The van der Waals surface area contributed by atoms with Crippen LogP contribution < -0.4 is 10.1 Å². The fourth-order valence-electron chi connectivity index (χ4n) is 3.88. The van der Waals surface area contributed by atoms with Crippen LogP contribution in [0.5, 0.6) is 5.75 Å². The topological polar surface area (TPSA) is 72.3 Å². The van der Waals surface area contributed by atoms with Gasteiger partial charge < -0.3 is 15.0 Å². The van der Waals surface area contributed by atoms with E-state index in [-0.39, 0.29) is 17.6 Å². The SMILES string of the molecule is Cc1cc(C)n(CC2(CNC(=O)N3CCC(Oc4cccnc4)CC3)CC2)n1. The summed E-state index contributed by atoms with van der Waals surface area (Å²) in [7, 11) is 0. The predicted molar refractivity (Wildman–Crippen MR) is 106 cm³/mol. The molecule has 3 heterocycles. The molecule has 0 aromatic carbocycles. The summed E-state index contributed by atoms with van der Waals surface area (Å²) in [6, 6.07) is 5.94. The minimum Gasteiger partial charge on any atom is -0.489 e. The summed E-state index contributed by atoms with van der Waals surface area (Å²) in [5.41, 5.74) is 2.40. The molecule has 0 bridgehead atoms. The maximum Gasteiger partial charge on any atom is 0.317 e. The maximum absolute atomic E-state index is 12.6. The number of carbonyl (C=O) groups excluding carboxylic acids is 1. The van der Waals surface area contributed by atoms with Crippen LogP contribution >= 0.6 is 0 Å². The first-order chi connectivity index (χ1) is 13.5. The Balaban J connectivity index is 1.22.